The summed E-state index contributed by atoms with van der Waals surface area (Å²) in [6.45, 7) is 14.1. The first-order valence-corrected chi connectivity index (χ1v) is 21.0. The van der Waals surface area contributed by atoms with Crippen LogP contribution >= 0.6 is 0 Å². The summed E-state index contributed by atoms with van der Waals surface area (Å²) in [5.74, 6) is 0. The summed E-state index contributed by atoms with van der Waals surface area (Å²) in [7, 11) is 0. The molecule has 0 nitrogen and oxygen atoms in total. The Morgan fingerprint density at radius 3 is 1.89 bits per heavy atom. The number of fused-ring (bicyclic) bond motifs is 7. The predicted octanol–water partition coefficient (Wildman–Crippen LogP) is 1.60. The van der Waals surface area contributed by atoms with Gasteiger partial charge in [-0.25, -0.2) is 24.1 Å². The van der Waals surface area contributed by atoms with Crippen LogP contribution in [0.25, 0.3) is 22.8 Å². The molecule has 0 bridgehead atoms. The minimum atomic E-state index is -0.455. The number of halogens is 2. The van der Waals surface area contributed by atoms with E-state index in [0.717, 1.165) is 12.8 Å². The Hall–Kier alpha value is -2.48. The molecule has 0 spiro atoms. The quantitative estimate of drug-likeness (QED) is 0.217. The summed E-state index contributed by atoms with van der Waals surface area (Å²) in [6, 6.07) is 31.7. The molecule has 4 aliphatic rings. The number of benzene rings is 3. The molecule has 46 heavy (non-hydrogen) atoms. The summed E-state index contributed by atoms with van der Waals surface area (Å²) in [5, 5.41) is 6.03. The molecule has 8 rings (SSSR count). The van der Waals surface area contributed by atoms with Gasteiger partial charge in [-0.2, -0.15) is 23.4 Å². The molecule has 0 radical (unpaired) electrons. The van der Waals surface area contributed by atoms with E-state index in [0.29, 0.717) is 0 Å². The fraction of sp³-hybridized carbons (Fsp3) is 0.238. The van der Waals surface area contributed by atoms with Crippen LogP contribution < -0.4 is 45.6 Å². The van der Waals surface area contributed by atoms with Crippen LogP contribution in [0.5, 0.6) is 0 Å². The molecule has 4 heteroatoms. The van der Waals surface area contributed by atoms with Crippen molar-refractivity contribution in [1.29, 1.82) is 0 Å². The second-order valence-corrected chi connectivity index (χ2v) is 19.3. The second kappa shape index (κ2) is 14.7. The van der Waals surface area contributed by atoms with E-state index >= 15 is 0 Å². The van der Waals surface area contributed by atoms with Crippen molar-refractivity contribution in [3.8, 4) is 0 Å². The average molecular weight is 737 g/mol. The summed E-state index contributed by atoms with van der Waals surface area (Å²) in [6.07, 6.45) is 14.3. The molecule has 0 saturated heterocycles. The maximum absolute atomic E-state index is 2.48. The van der Waals surface area contributed by atoms with Gasteiger partial charge in [0.1, 0.15) is 0 Å². The van der Waals surface area contributed by atoms with E-state index in [1.807, 2.05) is 30.3 Å². The van der Waals surface area contributed by atoms with E-state index in [2.05, 4.69) is 133 Å². The molecule has 0 aliphatic heterocycles. The maximum atomic E-state index is 2.48. The molecule has 0 aromatic heterocycles. The molecule has 0 amide bonds. The normalized spacial score (nSPS) is 16.7. The first-order valence-electron chi connectivity index (χ1n) is 15.8. The van der Waals surface area contributed by atoms with Crippen LogP contribution in [0.4, 0.5) is 0 Å². The van der Waals surface area contributed by atoms with Crippen molar-refractivity contribution in [2.45, 2.75) is 59.8 Å². The Morgan fingerprint density at radius 2 is 1.35 bits per heavy atom. The van der Waals surface area contributed by atoms with E-state index in [1.165, 1.54) is 37.5 Å². The molecule has 234 valence electrons. The first-order chi connectivity index (χ1) is 21.1. The van der Waals surface area contributed by atoms with Crippen molar-refractivity contribution >= 4 is 38.6 Å². The third-order valence-electron chi connectivity index (χ3n) is 9.26. The topological polar surface area (TPSA) is 0 Å². The maximum Gasteiger partial charge on any atom is -0.172 e. The minimum Gasteiger partial charge on any atom is -0.214 e. The average Bonchev–Trinajstić information content (AvgIpc) is 3.81. The van der Waals surface area contributed by atoms with Gasteiger partial charge in [-0.15, -0.1) is 5.56 Å². The first kappa shape index (κ1) is 36.4. The van der Waals surface area contributed by atoms with Gasteiger partial charge in [-0.1, -0.05) is 75.1 Å². The Bertz CT molecular complexity index is 1880. The Kier molecular flexibility index (Phi) is 11.6. The van der Waals surface area contributed by atoms with Gasteiger partial charge in [0.2, 0.25) is 0 Å². The SMILES string of the molecule is CC1=CC=c2c1c1c(c3c2=C(C)[CH-]C3(C)C)CC2=C1CC(C)(C)C=C2.[Cl-].[Cl-].[Zr+2]=[Si](c1ccccc1)c1ccccc1.c1cc[cH-]c1. The fourth-order valence-corrected chi connectivity index (χ4v) is 11.2. The van der Waals surface area contributed by atoms with Gasteiger partial charge >= 0.3 is 99.8 Å². The molecule has 0 unspecified atom stereocenters. The van der Waals surface area contributed by atoms with Crippen molar-refractivity contribution in [2.75, 3.05) is 0 Å². The zero-order valence-electron chi connectivity index (χ0n) is 27.7. The summed E-state index contributed by atoms with van der Waals surface area (Å²) < 4.78 is 0. The molecular weight excluding hydrogens is 695 g/mol. The molecule has 0 atom stereocenters. The largest absolute Gasteiger partial charge is 0.214 e. The van der Waals surface area contributed by atoms with Crippen LogP contribution in [0.1, 0.15) is 70.2 Å². The minimum absolute atomic E-state index is 0. The Labute approximate surface area is 303 Å². The molecule has 0 saturated carbocycles. The summed E-state index contributed by atoms with van der Waals surface area (Å²) >= 11 is 1.64. The number of hydrogen-bond acceptors (Lipinski definition) is 0. The van der Waals surface area contributed by atoms with Crippen LogP contribution in [0, 0.1) is 11.8 Å². The van der Waals surface area contributed by atoms with Crippen LogP contribution in [-0.2, 0) is 35.2 Å². The number of allylic oxidation sites excluding steroid dienone is 6. The Balaban J connectivity index is 0.000000193. The van der Waals surface area contributed by atoms with E-state index in [1.54, 1.807) is 51.2 Å². The molecule has 0 fully saturated rings. The van der Waals surface area contributed by atoms with Gasteiger partial charge in [0.05, 0.1) is 0 Å². The third-order valence-corrected chi connectivity index (χ3v) is 15.3. The number of rotatable bonds is 2. The van der Waals surface area contributed by atoms with E-state index in [-0.39, 0.29) is 35.6 Å². The van der Waals surface area contributed by atoms with E-state index < -0.39 is 5.43 Å². The number of hydrogen-bond donors (Lipinski definition) is 0. The Morgan fingerprint density at radius 1 is 0.761 bits per heavy atom. The van der Waals surface area contributed by atoms with Gasteiger partial charge < -0.3 is 24.8 Å². The summed E-state index contributed by atoms with van der Waals surface area (Å²) in [5.41, 5.74) is 12.3. The van der Waals surface area contributed by atoms with Crippen LogP contribution in [0.3, 0.4) is 0 Å². The smallest absolute Gasteiger partial charge is 0.172 e. The molecule has 0 heterocycles. The van der Waals surface area contributed by atoms with Gasteiger partial charge in [-0.05, 0) is 53.0 Å². The molecule has 0 N–H and O–H groups in total. The monoisotopic (exact) mass is 734 g/mol. The molecule has 4 aromatic rings. The van der Waals surface area contributed by atoms with Gasteiger partial charge in [0.15, 0.2) is 0 Å². The van der Waals surface area contributed by atoms with Crippen molar-refractivity contribution in [3.63, 3.8) is 0 Å². The second-order valence-electron chi connectivity index (χ2n) is 13.7. The fourth-order valence-electron chi connectivity index (χ4n) is 7.36. The zero-order valence-corrected chi connectivity index (χ0v) is 32.7. The summed E-state index contributed by atoms with van der Waals surface area (Å²) in [4.78, 5) is 0. The van der Waals surface area contributed by atoms with Gasteiger partial charge in [0.25, 0.3) is 0 Å². The zero-order chi connectivity index (χ0) is 31.1. The van der Waals surface area contributed by atoms with Crippen LogP contribution in [0.2, 0.25) is 0 Å². The van der Waals surface area contributed by atoms with E-state index in [4.69, 9.17) is 0 Å². The third kappa shape index (κ3) is 7.17. The van der Waals surface area contributed by atoms with Crippen LogP contribution in [0.15, 0.2) is 115 Å². The molecular formula is C42H42Cl2SiZr-2. The van der Waals surface area contributed by atoms with Crippen LogP contribution in [-0.4, -0.2) is 5.43 Å². The van der Waals surface area contributed by atoms with Crippen molar-refractivity contribution in [2.24, 2.45) is 5.41 Å². The van der Waals surface area contributed by atoms with Crippen molar-refractivity contribution in [3.05, 3.63) is 154 Å². The molecule has 4 aliphatic carbocycles. The predicted molar refractivity (Wildman–Crippen MR) is 188 cm³/mol. The molecule has 4 aromatic carbocycles. The van der Waals surface area contributed by atoms with Gasteiger partial charge in [0, 0.05) is 0 Å². The van der Waals surface area contributed by atoms with E-state index in [9.17, 15) is 0 Å². The van der Waals surface area contributed by atoms with Crippen molar-refractivity contribution in [1.82, 2.24) is 0 Å². The standard InChI is InChI=1S/C25H27.C12H10Si.C5H5.2ClH.Zr/c1-14-7-8-17-20(14)22-18(23-21(17)15(2)12-25(23,5)6)11-16-9-10-24(3,4)13-19(16)22;1-3-7-11(8-4-1)13-12-9-5-2-6-10-12;1-2-4-5-3-1;;;/h7-10,12H,11,13H2,1-6H3;1-10H;1-5H;2*1H;/q-1;;-1;;;+2/p-2. The van der Waals surface area contributed by atoms with Gasteiger partial charge in [-0.3, -0.25) is 0 Å². The van der Waals surface area contributed by atoms with Crippen molar-refractivity contribution < 1.29 is 48.1 Å².